The van der Waals surface area contributed by atoms with Gasteiger partial charge >= 0.3 is 0 Å². The number of thiophene rings is 1. The molecule has 0 unspecified atom stereocenters. The van der Waals surface area contributed by atoms with Gasteiger partial charge in [0.25, 0.3) is 0 Å². The Bertz CT molecular complexity index is 3120. The van der Waals surface area contributed by atoms with Crippen molar-refractivity contribution >= 4 is 58.8 Å². The van der Waals surface area contributed by atoms with E-state index in [0.29, 0.717) is 0 Å². The lowest BCUT2D eigenvalue weighted by atomic mass is 9.82. The second-order valence-corrected chi connectivity index (χ2v) is 16.0. The Kier molecular flexibility index (Phi) is 6.45. The van der Waals surface area contributed by atoms with Crippen LogP contribution >= 0.6 is 11.3 Å². The van der Waals surface area contributed by atoms with Gasteiger partial charge in [0.1, 0.15) is 0 Å². The van der Waals surface area contributed by atoms with Crippen LogP contribution in [0.2, 0.25) is 0 Å². The second kappa shape index (κ2) is 11.2. The maximum atomic E-state index is 4.87. The molecule has 3 aromatic heterocycles. The second-order valence-electron chi connectivity index (χ2n) is 14.9. The summed E-state index contributed by atoms with van der Waals surface area (Å²) in [7, 11) is 0. The predicted octanol–water partition coefficient (Wildman–Crippen LogP) is 13.3. The molecule has 0 N–H and O–H groups in total. The smallest absolute Gasteiger partial charge is 0.169 e. The van der Waals surface area contributed by atoms with E-state index in [9.17, 15) is 0 Å². The van der Waals surface area contributed by atoms with Crippen molar-refractivity contribution in [2.75, 3.05) is 0 Å². The monoisotopic (exact) mass is 697 g/mol. The zero-order valence-corrected chi connectivity index (χ0v) is 30.6. The average molecular weight is 698 g/mol. The number of nitrogens with zero attached hydrogens (tertiary/aromatic N) is 3. The molecule has 0 saturated heterocycles. The summed E-state index contributed by atoms with van der Waals surface area (Å²) in [6.45, 7) is 6.88. The van der Waals surface area contributed by atoms with Crippen molar-refractivity contribution in [3.8, 4) is 44.8 Å². The van der Waals surface area contributed by atoms with E-state index >= 15 is 0 Å². The number of hydrogen-bond donors (Lipinski definition) is 0. The summed E-state index contributed by atoms with van der Waals surface area (Å²) < 4.78 is 4.96. The van der Waals surface area contributed by atoms with E-state index in [-0.39, 0.29) is 5.41 Å². The minimum absolute atomic E-state index is 0.0925. The highest BCUT2D eigenvalue weighted by Crippen LogP contribution is 2.49. The number of aromatic nitrogens is 3. The number of fused-ring (bicyclic) bond motifs is 12. The van der Waals surface area contributed by atoms with Gasteiger partial charge in [0, 0.05) is 41.9 Å². The molecule has 1 aliphatic rings. The molecule has 3 heterocycles. The first-order chi connectivity index (χ1) is 26.0. The lowest BCUT2D eigenvalue weighted by Gasteiger charge is -2.21. The van der Waals surface area contributed by atoms with Crippen molar-refractivity contribution in [3.63, 3.8) is 0 Å². The van der Waals surface area contributed by atoms with Crippen molar-refractivity contribution in [1.29, 1.82) is 0 Å². The molecule has 4 heteroatoms. The quantitative estimate of drug-likeness (QED) is 0.171. The molecule has 0 atom stereocenters. The molecule has 0 saturated carbocycles. The third-order valence-corrected chi connectivity index (χ3v) is 12.9. The van der Waals surface area contributed by atoms with Gasteiger partial charge in [-0.1, -0.05) is 136 Å². The first kappa shape index (κ1) is 30.5. The molecule has 0 amide bonds. The number of rotatable bonds is 4. The molecular formula is C49H35N3S. The fraction of sp³-hybridized carbons (Fsp3) is 0.102. The van der Waals surface area contributed by atoms with Gasteiger partial charge in [0.2, 0.25) is 0 Å². The average Bonchev–Trinajstić information content (AvgIpc) is 3.89. The maximum Gasteiger partial charge on any atom is 0.169 e. The van der Waals surface area contributed by atoms with Crippen LogP contribution in [0.5, 0.6) is 0 Å². The van der Waals surface area contributed by atoms with E-state index in [1.165, 1.54) is 81.0 Å². The highest BCUT2D eigenvalue weighted by Gasteiger charge is 2.35. The molecule has 11 rings (SSSR count). The van der Waals surface area contributed by atoms with Crippen LogP contribution in [-0.2, 0) is 11.8 Å². The van der Waals surface area contributed by atoms with Crippen LogP contribution in [0.3, 0.4) is 0 Å². The lowest BCUT2D eigenvalue weighted by molar-refractivity contribution is 0.660. The molecule has 7 aromatic carbocycles. The predicted molar refractivity (Wildman–Crippen MR) is 224 cm³/mol. The molecule has 53 heavy (non-hydrogen) atoms. The van der Waals surface area contributed by atoms with Gasteiger partial charge in [0.15, 0.2) is 11.5 Å². The van der Waals surface area contributed by atoms with Crippen LogP contribution < -0.4 is 0 Å². The summed E-state index contributed by atoms with van der Waals surface area (Å²) in [4.78, 5) is 0. The van der Waals surface area contributed by atoms with E-state index in [0.717, 1.165) is 34.4 Å². The molecular weight excluding hydrogens is 663 g/mol. The maximum absolute atomic E-state index is 4.87. The number of aryl methyl sites for hydroxylation is 1. The Labute approximate surface area is 311 Å². The first-order valence-corrected chi connectivity index (χ1v) is 19.3. The summed E-state index contributed by atoms with van der Waals surface area (Å²) in [5, 5.41) is 15.9. The third kappa shape index (κ3) is 4.39. The Hall–Kier alpha value is -6.10. The van der Waals surface area contributed by atoms with Crippen LogP contribution in [-0.4, -0.2) is 14.6 Å². The van der Waals surface area contributed by atoms with Crippen molar-refractivity contribution in [2.24, 2.45) is 0 Å². The van der Waals surface area contributed by atoms with Gasteiger partial charge in [-0.25, -0.2) is 0 Å². The third-order valence-electron chi connectivity index (χ3n) is 11.7. The van der Waals surface area contributed by atoms with Gasteiger partial charge in [-0.2, -0.15) is 0 Å². The van der Waals surface area contributed by atoms with Crippen molar-refractivity contribution in [3.05, 3.63) is 162 Å². The minimum Gasteiger partial charge on any atom is -0.274 e. The molecule has 0 aliphatic heterocycles. The molecule has 252 valence electrons. The van der Waals surface area contributed by atoms with Gasteiger partial charge in [-0.15, -0.1) is 21.5 Å². The molecule has 0 spiro atoms. The SMILES string of the molecule is CCc1ccc2sc3c(-c4ccc(-c5ccc6c(c5)c5ccccc5c5nnc(-c7ccc8c(c7)C(C)(C)c7ccccc7-8)n65)cc4)cccc3c2c1. The van der Waals surface area contributed by atoms with Gasteiger partial charge < -0.3 is 0 Å². The van der Waals surface area contributed by atoms with E-state index in [4.69, 9.17) is 10.2 Å². The van der Waals surface area contributed by atoms with Gasteiger partial charge in [-0.3, -0.25) is 4.40 Å². The molecule has 0 fully saturated rings. The Morgan fingerprint density at radius 2 is 1.25 bits per heavy atom. The standard InChI is InChI=1S/C49H35N3S/c1-4-29-16-25-45-41(26-29)38-14-9-13-34(46(38)53-45)31-19-17-30(18-20-31)32-22-24-44-40(27-32)35-10-5-6-12-39(35)48-51-50-47(52(44)48)33-21-23-37-36-11-7-8-15-42(36)49(2,3)43(37)28-33/h5-28H,4H2,1-3H3. The van der Waals surface area contributed by atoms with E-state index < -0.39 is 0 Å². The minimum atomic E-state index is -0.0925. The normalized spacial score (nSPS) is 13.4. The lowest BCUT2D eigenvalue weighted by Crippen LogP contribution is -2.15. The zero-order chi connectivity index (χ0) is 35.4. The Balaban J connectivity index is 1.03. The Morgan fingerprint density at radius 1 is 0.528 bits per heavy atom. The molecule has 0 bridgehead atoms. The molecule has 10 aromatic rings. The van der Waals surface area contributed by atoms with Gasteiger partial charge in [-0.05, 0) is 92.2 Å². The van der Waals surface area contributed by atoms with Crippen LogP contribution in [0, 0.1) is 0 Å². The zero-order valence-electron chi connectivity index (χ0n) is 29.8. The van der Waals surface area contributed by atoms with Crippen LogP contribution in [0.15, 0.2) is 146 Å². The fourth-order valence-electron chi connectivity index (χ4n) is 8.89. The Morgan fingerprint density at radius 3 is 2.11 bits per heavy atom. The van der Waals surface area contributed by atoms with Crippen LogP contribution in [0.1, 0.15) is 37.5 Å². The summed E-state index contributed by atoms with van der Waals surface area (Å²) >= 11 is 1.90. The molecule has 0 radical (unpaired) electrons. The summed E-state index contributed by atoms with van der Waals surface area (Å²) in [5.74, 6) is 0.865. The van der Waals surface area contributed by atoms with E-state index in [2.05, 4.69) is 171 Å². The topological polar surface area (TPSA) is 30.2 Å². The van der Waals surface area contributed by atoms with Crippen molar-refractivity contribution in [1.82, 2.24) is 14.6 Å². The molecule has 3 nitrogen and oxygen atoms in total. The highest BCUT2D eigenvalue weighted by molar-refractivity contribution is 7.26. The van der Waals surface area contributed by atoms with Crippen molar-refractivity contribution in [2.45, 2.75) is 32.6 Å². The van der Waals surface area contributed by atoms with Gasteiger partial charge in [0.05, 0.1) is 5.52 Å². The largest absolute Gasteiger partial charge is 0.274 e. The summed E-state index contributed by atoms with van der Waals surface area (Å²) in [6.07, 6.45) is 1.05. The number of hydrogen-bond acceptors (Lipinski definition) is 3. The van der Waals surface area contributed by atoms with Crippen LogP contribution in [0.4, 0.5) is 0 Å². The number of pyridine rings is 1. The van der Waals surface area contributed by atoms with Crippen molar-refractivity contribution < 1.29 is 0 Å². The number of benzene rings is 7. The fourth-order valence-corrected chi connectivity index (χ4v) is 10.1. The molecule has 1 aliphatic carbocycles. The van der Waals surface area contributed by atoms with E-state index in [1.807, 2.05) is 11.3 Å². The summed E-state index contributed by atoms with van der Waals surface area (Å²) in [5.41, 5.74) is 14.6. The summed E-state index contributed by atoms with van der Waals surface area (Å²) in [6, 6.07) is 53.8. The first-order valence-electron chi connectivity index (χ1n) is 18.5. The van der Waals surface area contributed by atoms with Crippen LogP contribution in [0.25, 0.3) is 92.3 Å². The van der Waals surface area contributed by atoms with E-state index in [1.54, 1.807) is 0 Å². The highest BCUT2D eigenvalue weighted by atomic mass is 32.1.